The number of hydrogen-bond donors (Lipinski definition) is 3. The summed E-state index contributed by atoms with van der Waals surface area (Å²) < 4.78 is 108. The molecule has 14 heteroatoms. The van der Waals surface area contributed by atoms with Crippen LogP contribution in [0.15, 0.2) is 65.6 Å². The zero-order chi connectivity index (χ0) is 33.2. The molecule has 0 aromatic heterocycles. The van der Waals surface area contributed by atoms with Crippen LogP contribution in [-0.4, -0.2) is 25.8 Å². The van der Waals surface area contributed by atoms with Crippen LogP contribution in [0.1, 0.15) is 83.2 Å². The Labute approximate surface area is 255 Å². The van der Waals surface area contributed by atoms with Crippen LogP contribution in [0.5, 0.6) is 0 Å². The first kappa shape index (κ1) is 33.7. The molecule has 1 aliphatic rings. The Morgan fingerprint density at radius 2 is 1.58 bits per heavy atom. The maximum Gasteiger partial charge on any atom is 0.416 e. The highest BCUT2D eigenvalue weighted by atomic mass is 32.2. The first-order valence-electron chi connectivity index (χ1n) is 14.0. The standard InChI is InChI=1S/C31H29F6N3O4S/c1-2-3-4-9-27(41)40-45(43,44)26-8-6-5-7-23(26)28(38)29(42)19-11-13-24-18(14-19)10-12-25(39-24)20-15-21(30(32,33)34)17-22(16-20)31(35,36)37/h5-8,11,13-17,25,38-39H,2-4,9-10,12H2,1H3,(H,40,41). The van der Waals surface area contributed by atoms with Crippen LogP contribution >= 0.6 is 0 Å². The van der Waals surface area contributed by atoms with E-state index in [1.165, 1.54) is 42.5 Å². The number of anilines is 1. The van der Waals surface area contributed by atoms with Crippen LogP contribution in [0, 0.1) is 5.41 Å². The van der Waals surface area contributed by atoms with Gasteiger partial charge in [-0.2, -0.15) is 26.3 Å². The number of fused-ring (bicyclic) bond motifs is 1. The summed E-state index contributed by atoms with van der Waals surface area (Å²) in [6, 6.07) is 10.0. The fraction of sp³-hybridized carbons (Fsp3) is 0.323. The minimum Gasteiger partial charge on any atom is -0.378 e. The third-order valence-corrected chi connectivity index (χ3v) is 8.77. The molecule has 1 heterocycles. The zero-order valence-electron chi connectivity index (χ0n) is 23.9. The van der Waals surface area contributed by atoms with Crippen molar-refractivity contribution in [2.45, 2.75) is 68.7 Å². The Kier molecular flexibility index (Phi) is 9.76. The van der Waals surface area contributed by atoms with Gasteiger partial charge in [-0.25, -0.2) is 13.1 Å². The Balaban J connectivity index is 1.56. The highest BCUT2D eigenvalue weighted by Crippen LogP contribution is 2.40. The van der Waals surface area contributed by atoms with Crippen molar-refractivity contribution >= 4 is 33.1 Å². The van der Waals surface area contributed by atoms with E-state index in [-0.39, 0.29) is 42.0 Å². The molecule has 0 spiro atoms. The molecule has 1 atom stereocenters. The van der Waals surface area contributed by atoms with Gasteiger partial charge in [0.2, 0.25) is 11.7 Å². The van der Waals surface area contributed by atoms with Gasteiger partial charge in [-0.1, -0.05) is 38.0 Å². The first-order valence-corrected chi connectivity index (χ1v) is 15.5. The molecule has 7 nitrogen and oxygen atoms in total. The monoisotopic (exact) mass is 653 g/mol. The predicted molar refractivity (Wildman–Crippen MR) is 155 cm³/mol. The van der Waals surface area contributed by atoms with E-state index in [4.69, 9.17) is 5.41 Å². The Morgan fingerprint density at radius 3 is 2.20 bits per heavy atom. The normalized spacial score (nSPS) is 15.1. The number of benzene rings is 3. The van der Waals surface area contributed by atoms with E-state index in [0.717, 1.165) is 12.8 Å². The minimum absolute atomic E-state index is 0.00706. The lowest BCUT2D eigenvalue weighted by molar-refractivity contribution is -0.143. The number of unbranched alkanes of at least 4 members (excludes halogenated alkanes) is 2. The topological polar surface area (TPSA) is 116 Å². The van der Waals surface area contributed by atoms with Crippen molar-refractivity contribution in [3.63, 3.8) is 0 Å². The Bertz CT molecular complexity index is 1700. The second-order valence-electron chi connectivity index (χ2n) is 10.6. The number of aryl methyl sites for hydroxylation is 1. The van der Waals surface area contributed by atoms with E-state index in [9.17, 15) is 44.3 Å². The van der Waals surface area contributed by atoms with E-state index in [1.807, 2.05) is 11.6 Å². The minimum atomic E-state index is -4.99. The van der Waals surface area contributed by atoms with Gasteiger partial charge >= 0.3 is 12.4 Å². The number of amides is 1. The van der Waals surface area contributed by atoms with E-state index in [0.29, 0.717) is 29.8 Å². The number of nitrogens with one attached hydrogen (secondary N) is 3. The van der Waals surface area contributed by atoms with Crippen molar-refractivity contribution in [2.75, 3.05) is 5.32 Å². The van der Waals surface area contributed by atoms with Gasteiger partial charge in [-0.15, -0.1) is 0 Å². The number of halogens is 6. The molecule has 3 N–H and O–H groups in total. The molecule has 0 bridgehead atoms. The van der Waals surface area contributed by atoms with Gasteiger partial charge in [-0.05, 0) is 72.9 Å². The van der Waals surface area contributed by atoms with Crippen molar-refractivity contribution in [2.24, 2.45) is 0 Å². The number of hydrogen-bond acceptors (Lipinski definition) is 6. The van der Waals surface area contributed by atoms with Crippen molar-refractivity contribution < 1.29 is 44.3 Å². The number of rotatable bonds is 10. The molecule has 1 amide bonds. The van der Waals surface area contributed by atoms with Crippen LogP contribution in [0.25, 0.3) is 0 Å². The van der Waals surface area contributed by atoms with Crippen molar-refractivity contribution in [1.82, 2.24) is 4.72 Å². The second-order valence-corrected chi connectivity index (χ2v) is 12.3. The van der Waals surface area contributed by atoms with Crippen LogP contribution in [0.3, 0.4) is 0 Å². The molecule has 1 aliphatic heterocycles. The van der Waals surface area contributed by atoms with Crippen LogP contribution < -0.4 is 10.0 Å². The van der Waals surface area contributed by atoms with Crippen LogP contribution in [-0.2, 0) is 33.6 Å². The third kappa shape index (κ3) is 7.91. The van der Waals surface area contributed by atoms with Gasteiger partial charge in [0.25, 0.3) is 10.0 Å². The lowest BCUT2D eigenvalue weighted by Gasteiger charge is -2.29. The van der Waals surface area contributed by atoms with Crippen molar-refractivity contribution in [1.29, 1.82) is 5.41 Å². The third-order valence-electron chi connectivity index (χ3n) is 7.34. The van der Waals surface area contributed by atoms with Crippen molar-refractivity contribution in [3.8, 4) is 0 Å². The van der Waals surface area contributed by atoms with E-state index in [2.05, 4.69) is 5.32 Å². The first-order chi connectivity index (χ1) is 21.0. The van der Waals surface area contributed by atoms with Crippen molar-refractivity contribution in [3.05, 3.63) is 94.0 Å². The fourth-order valence-electron chi connectivity index (χ4n) is 5.04. The van der Waals surface area contributed by atoms with Gasteiger partial charge in [0.1, 0.15) is 5.71 Å². The molecule has 240 valence electrons. The molecule has 0 radical (unpaired) electrons. The molecule has 0 aliphatic carbocycles. The molecule has 4 rings (SSSR count). The van der Waals surface area contributed by atoms with Crippen LogP contribution in [0.2, 0.25) is 0 Å². The lowest BCUT2D eigenvalue weighted by atomic mass is 9.89. The predicted octanol–water partition coefficient (Wildman–Crippen LogP) is 7.46. The molecular formula is C31H29F6N3O4S. The van der Waals surface area contributed by atoms with E-state index < -0.39 is 61.8 Å². The number of sulfonamides is 1. The molecule has 1 unspecified atom stereocenters. The number of alkyl halides is 6. The average molecular weight is 654 g/mol. The SMILES string of the molecule is CCCCCC(=O)NS(=O)(=O)c1ccccc1C(=N)C(=O)c1ccc2c(c1)CCC(c1cc(C(F)(F)F)cc(C(F)(F)F)c1)N2. The molecule has 45 heavy (non-hydrogen) atoms. The molecule has 0 fully saturated rings. The van der Waals surface area contributed by atoms with E-state index >= 15 is 0 Å². The summed E-state index contributed by atoms with van der Waals surface area (Å²) in [6.07, 6.45) is -7.61. The molecule has 3 aromatic carbocycles. The quantitative estimate of drug-likeness (QED) is 0.0910. The van der Waals surface area contributed by atoms with Gasteiger partial charge in [-0.3, -0.25) is 15.0 Å². The van der Waals surface area contributed by atoms with Gasteiger partial charge in [0.05, 0.1) is 22.1 Å². The number of carbonyl (C=O) groups excluding carboxylic acids is 2. The fourth-order valence-corrected chi connectivity index (χ4v) is 6.27. The van der Waals surface area contributed by atoms with E-state index in [1.54, 1.807) is 0 Å². The summed E-state index contributed by atoms with van der Waals surface area (Å²) in [5.74, 6) is -1.54. The zero-order valence-corrected chi connectivity index (χ0v) is 24.7. The number of carbonyl (C=O) groups is 2. The van der Waals surface area contributed by atoms with Gasteiger partial charge in [0, 0.05) is 23.2 Å². The van der Waals surface area contributed by atoms with Crippen LogP contribution in [0.4, 0.5) is 32.0 Å². The molecule has 0 saturated heterocycles. The lowest BCUT2D eigenvalue weighted by Crippen LogP contribution is -2.32. The number of ketones is 1. The Morgan fingerprint density at radius 1 is 0.933 bits per heavy atom. The summed E-state index contributed by atoms with van der Waals surface area (Å²) in [5, 5.41) is 11.5. The molecule has 0 saturated carbocycles. The summed E-state index contributed by atoms with van der Waals surface area (Å²) in [4.78, 5) is 25.1. The summed E-state index contributed by atoms with van der Waals surface area (Å²) in [5.41, 5.74) is -2.97. The summed E-state index contributed by atoms with van der Waals surface area (Å²) >= 11 is 0. The van der Waals surface area contributed by atoms with Gasteiger partial charge < -0.3 is 5.32 Å². The summed E-state index contributed by atoms with van der Waals surface area (Å²) in [7, 11) is -4.40. The largest absolute Gasteiger partial charge is 0.416 e. The average Bonchev–Trinajstić information content (AvgIpc) is 2.98. The Hall–Kier alpha value is -4.20. The maximum absolute atomic E-state index is 13.4. The van der Waals surface area contributed by atoms with Gasteiger partial charge in [0.15, 0.2) is 0 Å². The number of Topliss-reactive ketones (excluding diaryl/α,β-unsaturated/α-hetero) is 1. The molecule has 3 aromatic rings. The highest BCUT2D eigenvalue weighted by molar-refractivity contribution is 7.90. The summed E-state index contributed by atoms with van der Waals surface area (Å²) in [6.45, 7) is 1.93. The molecular weight excluding hydrogens is 624 g/mol. The maximum atomic E-state index is 13.4. The smallest absolute Gasteiger partial charge is 0.378 e. The highest BCUT2D eigenvalue weighted by Gasteiger charge is 2.38. The second kappa shape index (κ2) is 13.0.